The molecule has 0 saturated carbocycles. The number of nitrogens with zero attached hydrogens (tertiary/aromatic N) is 4. The largest absolute Gasteiger partial charge is 0.493 e. The SMILES string of the molecule is CNC(=O)c1ccc(N(C)c2ccc(COc3nc(O)c4ccncc4n3)cc2)cc1. The van der Waals surface area contributed by atoms with Crippen molar-refractivity contribution in [3.63, 3.8) is 0 Å². The normalized spacial score (nSPS) is 10.6. The molecule has 1 amide bonds. The van der Waals surface area contributed by atoms with Gasteiger partial charge in [0.15, 0.2) is 0 Å². The van der Waals surface area contributed by atoms with Crippen LogP contribution in [0.3, 0.4) is 0 Å². The first kappa shape index (κ1) is 20.1. The quantitative estimate of drug-likeness (QED) is 0.497. The Bertz CT molecular complexity index is 1210. The number of aromatic nitrogens is 3. The Hall–Kier alpha value is -4.20. The average Bonchev–Trinajstić information content (AvgIpc) is 2.82. The molecule has 2 aromatic heterocycles. The number of nitrogens with one attached hydrogen (secondary N) is 1. The van der Waals surface area contributed by atoms with Crippen molar-refractivity contribution in [1.82, 2.24) is 20.3 Å². The van der Waals surface area contributed by atoms with E-state index >= 15 is 0 Å². The molecule has 0 aliphatic carbocycles. The number of hydrogen-bond acceptors (Lipinski definition) is 7. The lowest BCUT2D eigenvalue weighted by Crippen LogP contribution is -2.18. The number of fused-ring (bicyclic) bond motifs is 1. The number of benzene rings is 2. The lowest BCUT2D eigenvalue weighted by Gasteiger charge is -2.20. The molecule has 8 nitrogen and oxygen atoms in total. The van der Waals surface area contributed by atoms with Crippen LogP contribution in [-0.4, -0.2) is 40.1 Å². The zero-order valence-corrected chi connectivity index (χ0v) is 17.1. The summed E-state index contributed by atoms with van der Waals surface area (Å²) in [5.41, 5.74) is 4.02. The minimum absolute atomic E-state index is 0.0930. The van der Waals surface area contributed by atoms with Gasteiger partial charge in [0, 0.05) is 37.2 Å². The third-order valence-electron chi connectivity index (χ3n) is 4.89. The van der Waals surface area contributed by atoms with Crippen molar-refractivity contribution in [3.05, 3.63) is 78.1 Å². The summed E-state index contributed by atoms with van der Waals surface area (Å²) in [6.07, 6.45) is 3.12. The van der Waals surface area contributed by atoms with Crippen molar-refractivity contribution >= 4 is 28.2 Å². The molecule has 31 heavy (non-hydrogen) atoms. The molecule has 2 heterocycles. The van der Waals surface area contributed by atoms with Gasteiger partial charge in [-0.1, -0.05) is 12.1 Å². The summed E-state index contributed by atoms with van der Waals surface area (Å²) < 4.78 is 5.65. The van der Waals surface area contributed by atoms with Crippen LogP contribution in [0.1, 0.15) is 15.9 Å². The topological polar surface area (TPSA) is 100 Å². The molecule has 0 bridgehead atoms. The second-order valence-corrected chi connectivity index (χ2v) is 6.86. The van der Waals surface area contributed by atoms with Crippen LogP contribution in [0.2, 0.25) is 0 Å². The van der Waals surface area contributed by atoms with E-state index < -0.39 is 0 Å². The molecule has 0 fully saturated rings. The predicted octanol–water partition coefficient (Wildman–Crippen LogP) is 3.44. The fraction of sp³-hybridized carbons (Fsp3) is 0.130. The maximum atomic E-state index is 11.7. The highest BCUT2D eigenvalue weighted by Crippen LogP contribution is 2.25. The third kappa shape index (κ3) is 4.37. The van der Waals surface area contributed by atoms with Crippen molar-refractivity contribution in [2.75, 3.05) is 19.0 Å². The molecule has 0 saturated heterocycles. The molecule has 4 rings (SSSR count). The number of ether oxygens (including phenoxy) is 1. The van der Waals surface area contributed by atoms with E-state index in [0.717, 1.165) is 16.9 Å². The van der Waals surface area contributed by atoms with Crippen LogP contribution < -0.4 is 15.0 Å². The summed E-state index contributed by atoms with van der Waals surface area (Å²) in [5, 5.41) is 13.2. The fourth-order valence-electron chi connectivity index (χ4n) is 3.10. The Morgan fingerprint density at radius 2 is 1.71 bits per heavy atom. The summed E-state index contributed by atoms with van der Waals surface area (Å²) in [6, 6.07) is 17.0. The average molecular weight is 415 g/mol. The number of pyridine rings is 1. The van der Waals surface area contributed by atoms with Gasteiger partial charge in [0.25, 0.3) is 5.91 Å². The molecule has 0 aliphatic heterocycles. The zero-order valence-electron chi connectivity index (χ0n) is 17.1. The molecular weight excluding hydrogens is 394 g/mol. The molecule has 8 heteroatoms. The van der Waals surface area contributed by atoms with E-state index in [1.54, 1.807) is 37.6 Å². The van der Waals surface area contributed by atoms with Gasteiger partial charge in [-0.3, -0.25) is 9.78 Å². The Kier molecular flexibility index (Phi) is 5.61. The molecule has 2 N–H and O–H groups in total. The lowest BCUT2D eigenvalue weighted by atomic mass is 10.1. The van der Waals surface area contributed by atoms with Crippen LogP contribution in [-0.2, 0) is 6.61 Å². The summed E-state index contributed by atoms with van der Waals surface area (Å²) in [7, 11) is 3.57. The van der Waals surface area contributed by atoms with Gasteiger partial charge in [-0.05, 0) is 48.0 Å². The minimum Gasteiger partial charge on any atom is -0.493 e. The number of amides is 1. The zero-order chi connectivity index (χ0) is 21.8. The summed E-state index contributed by atoms with van der Waals surface area (Å²) in [5.74, 6) is -0.250. The molecule has 0 atom stereocenters. The molecule has 0 spiro atoms. The van der Waals surface area contributed by atoms with Gasteiger partial charge in [0.2, 0.25) is 5.88 Å². The van der Waals surface area contributed by atoms with E-state index in [1.165, 1.54) is 0 Å². The summed E-state index contributed by atoms with van der Waals surface area (Å²) in [6.45, 7) is 0.260. The van der Waals surface area contributed by atoms with E-state index in [1.807, 2.05) is 48.3 Å². The van der Waals surface area contributed by atoms with Crippen LogP contribution in [0.25, 0.3) is 10.9 Å². The lowest BCUT2D eigenvalue weighted by molar-refractivity contribution is 0.0963. The molecule has 4 aromatic rings. The van der Waals surface area contributed by atoms with Gasteiger partial charge in [-0.25, -0.2) is 0 Å². The van der Waals surface area contributed by atoms with Crippen molar-refractivity contribution < 1.29 is 14.6 Å². The number of rotatable bonds is 6. The van der Waals surface area contributed by atoms with Gasteiger partial charge in [-0.2, -0.15) is 9.97 Å². The summed E-state index contributed by atoms with van der Waals surface area (Å²) >= 11 is 0. The third-order valence-corrected chi connectivity index (χ3v) is 4.89. The van der Waals surface area contributed by atoms with Gasteiger partial charge < -0.3 is 20.1 Å². The van der Waals surface area contributed by atoms with Crippen LogP contribution in [0.15, 0.2) is 67.0 Å². The minimum atomic E-state index is -0.137. The first-order valence-electron chi connectivity index (χ1n) is 9.63. The molecule has 0 aliphatic rings. The number of carbonyl (C=O) groups excluding carboxylic acids is 1. The van der Waals surface area contributed by atoms with Gasteiger partial charge in [0.1, 0.15) is 6.61 Å². The van der Waals surface area contributed by atoms with E-state index in [-0.39, 0.29) is 24.4 Å². The predicted molar refractivity (Wildman–Crippen MR) is 118 cm³/mol. The van der Waals surface area contributed by atoms with Crippen LogP contribution >= 0.6 is 0 Å². The smallest absolute Gasteiger partial charge is 0.320 e. The van der Waals surface area contributed by atoms with Crippen LogP contribution in [0.4, 0.5) is 11.4 Å². The molecule has 0 radical (unpaired) electrons. The van der Waals surface area contributed by atoms with E-state index in [4.69, 9.17) is 4.74 Å². The van der Waals surface area contributed by atoms with Gasteiger partial charge >= 0.3 is 6.01 Å². The highest BCUT2D eigenvalue weighted by Gasteiger charge is 2.09. The van der Waals surface area contributed by atoms with Crippen molar-refractivity contribution in [1.29, 1.82) is 0 Å². The molecular formula is C23H21N5O3. The van der Waals surface area contributed by atoms with E-state index in [0.29, 0.717) is 16.5 Å². The van der Waals surface area contributed by atoms with Gasteiger partial charge in [-0.15, -0.1) is 0 Å². The standard InChI is InChI=1S/C23H21N5O3/c1-24-21(29)16-5-9-18(10-6-16)28(2)17-7-3-15(4-8-17)14-31-23-26-20-13-25-12-11-19(20)22(30)27-23/h3-13H,14H2,1-2H3,(H,24,29)(H,26,27,30). The van der Waals surface area contributed by atoms with Crippen LogP contribution in [0, 0.1) is 0 Å². The van der Waals surface area contributed by atoms with Crippen molar-refractivity contribution in [2.45, 2.75) is 6.61 Å². The van der Waals surface area contributed by atoms with Crippen LogP contribution in [0.5, 0.6) is 11.9 Å². The fourth-order valence-corrected chi connectivity index (χ4v) is 3.10. The second kappa shape index (κ2) is 8.66. The molecule has 156 valence electrons. The maximum absolute atomic E-state index is 11.7. The number of anilines is 2. The van der Waals surface area contributed by atoms with Crippen molar-refractivity contribution in [3.8, 4) is 11.9 Å². The monoisotopic (exact) mass is 415 g/mol. The number of hydrogen-bond donors (Lipinski definition) is 2. The Morgan fingerprint density at radius 3 is 2.39 bits per heavy atom. The van der Waals surface area contributed by atoms with Gasteiger partial charge in [0.05, 0.1) is 17.1 Å². The number of carbonyl (C=O) groups is 1. The first-order valence-corrected chi connectivity index (χ1v) is 9.63. The highest BCUT2D eigenvalue weighted by molar-refractivity contribution is 5.94. The molecule has 2 aromatic carbocycles. The van der Waals surface area contributed by atoms with E-state index in [2.05, 4.69) is 20.3 Å². The van der Waals surface area contributed by atoms with Crippen molar-refractivity contribution in [2.24, 2.45) is 0 Å². The Labute approximate surface area is 179 Å². The van der Waals surface area contributed by atoms with E-state index in [9.17, 15) is 9.90 Å². The highest BCUT2D eigenvalue weighted by atomic mass is 16.5. The summed E-state index contributed by atoms with van der Waals surface area (Å²) in [4.78, 5) is 26.0. The first-order chi connectivity index (χ1) is 15.0. The molecule has 0 unspecified atom stereocenters. The Morgan fingerprint density at radius 1 is 1.03 bits per heavy atom. The number of aromatic hydroxyl groups is 1. The second-order valence-electron chi connectivity index (χ2n) is 6.86. The Balaban J connectivity index is 1.43. The maximum Gasteiger partial charge on any atom is 0.320 e.